The number of halogens is 3. The van der Waals surface area contributed by atoms with Crippen molar-refractivity contribution in [2.45, 2.75) is 64.0 Å². The van der Waals surface area contributed by atoms with Crippen LogP contribution in [-0.4, -0.2) is 35.8 Å². The lowest BCUT2D eigenvalue weighted by atomic mass is 9.83. The van der Waals surface area contributed by atoms with Crippen LogP contribution >= 0.6 is 0 Å². The molecule has 0 saturated heterocycles. The highest BCUT2D eigenvalue weighted by Gasteiger charge is 2.26. The predicted molar refractivity (Wildman–Crippen MR) is 121 cm³/mol. The first-order valence-corrected chi connectivity index (χ1v) is 11.4. The van der Waals surface area contributed by atoms with E-state index in [1.807, 2.05) is 10.5 Å². The summed E-state index contributed by atoms with van der Waals surface area (Å²) in [5.74, 6) is 0.249. The number of alkyl halides is 2. The Morgan fingerprint density at radius 1 is 1.09 bits per heavy atom. The van der Waals surface area contributed by atoms with Crippen LogP contribution in [0.5, 0.6) is 0 Å². The van der Waals surface area contributed by atoms with E-state index >= 15 is 0 Å². The predicted octanol–water partition coefficient (Wildman–Crippen LogP) is 5.25. The summed E-state index contributed by atoms with van der Waals surface area (Å²) in [6, 6.07) is 5.38. The van der Waals surface area contributed by atoms with Gasteiger partial charge in [0.2, 0.25) is 0 Å². The molecule has 1 atom stereocenters. The van der Waals surface area contributed by atoms with Crippen molar-refractivity contribution in [1.82, 2.24) is 24.6 Å². The molecular formula is C24H25F3N6O. The molecule has 2 N–H and O–H groups in total. The molecule has 0 spiro atoms. The highest BCUT2D eigenvalue weighted by Crippen LogP contribution is 2.38. The minimum Gasteiger partial charge on any atom is -0.393 e. The number of hydrogen-bond donors (Lipinski definition) is 2. The summed E-state index contributed by atoms with van der Waals surface area (Å²) in [5.41, 5.74) is 1.81. The van der Waals surface area contributed by atoms with E-state index in [-0.39, 0.29) is 17.6 Å². The fourth-order valence-electron chi connectivity index (χ4n) is 4.84. The number of nitrogens with zero attached hydrogens (tertiary/aromatic N) is 5. The Morgan fingerprint density at radius 3 is 2.56 bits per heavy atom. The Bertz CT molecular complexity index is 1350. The molecule has 0 aliphatic heterocycles. The van der Waals surface area contributed by atoms with Gasteiger partial charge in [0.1, 0.15) is 23.8 Å². The monoisotopic (exact) mass is 470 g/mol. The minimum absolute atomic E-state index is 0.133. The SMILES string of the molecule is Cc1nc(N[C@H](C)c2cccc(C(F)F)c2F)c2cc([C@H]3CC[C@@H](O)CC3)c3nncn3c2n1. The lowest BCUT2D eigenvalue weighted by Crippen LogP contribution is -2.18. The lowest BCUT2D eigenvalue weighted by molar-refractivity contribution is 0.122. The number of fused-ring (bicyclic) bond motifs is 3. The molecule has 4 aromatic rings. The van der Waals surface area contributed by atoms with Crippen LogP contribution in [0.1, 0.15) is 73.5 Å². The van der Waals surface area contributed by atoms with Crippen molar-refractivity contribution in [3.8, 4) is 0 Å². The third kappa shape index (κ3) is 3.96. The van der Waals surface area contributed by atoms with Crippen molar-refractivity contribution in [3.05, 3.63) is 58.9 Å². The fraction of sp³-hybridized carbons (Fsp3) is 0.417. The number of aliphatic hydroxyl groups is 1. The topological polar surface area (TPSA) is 88.2 Å². The summed E-state index contributed by atoms with van der Waals surface area (Å²) in [7, 11) is 0. The van der Waals surface area contributed by atoms with Crippen molar-refractivity contribution in [3.63, 3.8) is 0 Å². The van der Waals surface area contributed by atoms with Gasteiger partial charge in [-0.1, -0.05) is 18.2 Å². The summed E-state index contributed by atoms with van der Waals surface area (Å²) in [6.07, 6.45) is 1.51. The first-order valence-electron chi connectivity index (χ1n) is 11.4. The number of aromatic nitrogens is 5. The highest BCUT2D eigenvalue weighted by molar-refractivity contribution is 5.90. The van der Waals surface area contributed by atoms with Crippen LogP contribution in [0.3, 0.4) is 0 Å². The standard InChI is InChI=1S/C24H25F3N6O/c1-12(16-4-3-5-17(20(16)25)21(26)27)29-22-19-10-18(14-6-8-15(34)9-7-14)24-32-28-11-33(24)23(19)31-13(2)30-22/h3-5,10-12,14-15,21,34H,6-9H2,1-2H3,(H,29,30,31)/t12-,14-,15+/m1/s1. The summed E-state index contributed by atoms with van der Waals surface area (Å²) in [6.45, 7) is 3.46. The van der Waals surface area contributed by atoms with Gasteiger partial charge in [0.25, 0.3) is 6.43 Å². The maximum Gasteiger partial charge on any atom is 0.266 e. The number of aliphatic hydroxyl groups excluding tert-OH is 1. The Balaban J connectivity index is 1.60. The van der Waals surface area contributed by atoms with Gasteiger partial charge in [0.05, 0.1) is 23.1 Å². The van der Waals surface area contributed by atoms with Crippen LogP contribution in [0.25, 0.3) is 16.7 Å². The first-order chi connectivity index (χ1) is 16.3. The molecule has 0 radical (unpaired) electrons. The average molecular weight is 470 g/mol. The normalized spacial score (nSPS) is 19.7. The molecule has 1 fully saturated rings. The number of pyridine rings is 1. The molecule has 10 heteroatoms. The second-order valence-corrected chi connectivity index (χ2v) is 8.90. The van der Waals surface area contributed by atoms with Crippen LogP contribution in [0.15, 0.2) is 30.6 Å². The van der Waals surface area contributed by atoms with Crippen LogP contribution in [0.2, 0.25) is 0 Å². The van der Waals surface area contributed by atoms with E-state index in [4.69, 9.17) is 0 Å². The molecule has 5 rings (SSSR count). The number of benzene rings is 1. The van der Waals surface area contributed by atoms with Crippen molar-refractivity contribution >= 4 is 22.5 Å². The zero-order valence-corrected chi connectivity index (χ0v) is 18.8. The minimum atomic E-state index is -2.90. The summed E-state index contributed by atoms with van der Waals surface area (Å²) in [5, 5.41) is 22.3. The van der Waals surface area contributed by atoms with Gasteiger partial charge in [-0.15, -0.1) is 10.2 Å². The van der Waals surface area contributed by atoms with Crippen molar-refractivity contribution in [2.75, 3.05) is 5.32 Å². The van der Waals surface area contributed by atoms with E-state index in [9.17, 15) is 18.3 Å². The molecule has 1 aromatic carbocycles. The number of rotatable bonds is 5. The Kier molecular flexibility index (Phi) is 5.85. The van der Waals surface area contributed by atoms with Crippen LogP contribution in [-0.2, 0) is 0 Å². The Morgan fingerprint density at radius 2 is 1.82 bits per heavy atom. The Labute approximate surface area is 194 Å². The smallest absolute Gasteiger partial charge is 0.266 e. The molecule has 34 heavy (non-hydrogen) atoms. The third-order valence-corrected chi connectivity index (χ3v) is 6.62. The van der Waals surface area contributed by atoms with E-state index in [1.54, 1.807) is 20.2 Å². The Hall–Kier alpha value is -3.27. The number of anilines is 1. The maximum absolute atomic E-state index is 14.8. The molecular weight excluding hydrogens is 445 g/mol. The zero-order chi connectivity index (χ0) is 24.0. The fourth-order valence-corrected chi connectivity index (χ4v) is 4.84. The van der Waals surface area contributed by atoms with E-state index in [2.05, 4.69) is 25.5 Å². The second-order valence-electron chi connectivity index (χ2n) is 8.90. The average Bonchev–Trinajstić information content (AvgIpc) is 3.29. The third-order valence-electron chi connectivity index (χ3n) is 6.62. The van der Waals surface area contributed by atoms with Gasteiger partial charge in [0.15, 0.2) is 11.3 Å². The molecule has 0 amide bonds. The molecule has 1 aliphatic rings. The molecule has 3 heterocycles. The van der Waals surface area contributed by atoms with E-state index < -0.39 is 23.8 Å². The van der Waals surface area contributed by atoms with E-state index in [0.717, 1.165) is 37.3 Å². The second kappa shape index (κ2) is 8.83. The molecule has 3 aromatic heterocycles. The largest absolute Gasteiger partial charge is 0.393 e. The van der Waals surface area contributed by atoms with Crippen LogP contribution in [0.4, 0.5) is 19.0 Å². The molecule has 178 valence electrons. The van der Waals surface area contributed by atoms with Crippen molar-refractivity contribution in [1.29, 1.82) is 0 Å². The molecule has 7 nitrogen and oxygen atoms in total. The summed E-state index contributed by atoms with van der Waals surface area (Å²) < 4.78 is 43.0. The quantitative estimate of drug-likeness (QED) is 0.414. The zero-order valence-electron chi connectivity index (χ0n) is 18.8. The number of aryl methyl sites for hydroxylation is 1. The van der Waals surface area contributed by atoms with Gasteiger partial charge in [-0.25, -0.2) is 23.1 Å². The van der Waals surface area contributed by atoms with E-state index in [1.165, 1.54) is 12.1 Å². The number of hydrogen-bond acceptors (Lipinski definition) is 6. The molecule has 0 bridgehead atoms. The number of nitrogens with one attached hydrogen (secondary N) is 1. The maximum atomic E-state index is 14.8. The van der Waals surface area contributed by atoms with Crippen LogP contribution < -0.4 is 5.32 Å². The van der Waals surface area contributed by atoms with Gasteiger partial charge in [-0.05, 0) is 51.5 Å². The summed E-state index contributed by atoms with van der Waals surface area (Å²) >= 11 is 0. The molecule has 1 saturated carbocycles. The highest BCUT2D eigenvalue weighted by atomic mass is 19.3. The van der Waals surface area contributed by atoms with Crippen LogP contribution in [0, 0.1) is 12.7 Å². The van der Waals surface area contributed by atoms with E-state index in [0.29, 0.717) is 28.3 Å². The van der Waals surface area contributed by atoms with Gasteiger partial charge in [0, 0.05) is 11.1 Å². The van der Waals surface area contributed by atoms with Gasteiger partial charge in [-0.3, -0.25) is 4.40 Å². The van der Waals surface area contributed by atoms with Gasteiger partial charge in [-0.2, -0.15) is 0 Å². The van der Waals surface area contributed by atoms with Gasteiger partial charge >= 0.3 is 0 Å². The van der Waals surface area contributed by atoms with Gasteiger partial charge < -0.3 is 10.4 Å². The summed E-state index contributed by atoms with van der Waals surface area (Å²) in [4.78, 5) is 9.15. The lowest BCUT2D eigenvalue weighted by Gasteiger charge is -2.26. The van der Waals surface area contributed by atoms with Crippen molar-refractivity contribution < 1.29 is 18.3 Å². The molecule has 0 unspecified atom stereocenters. The molecule has 1 aliphatic carbocycles. The first kappa shape index (κ1) is 22.5. The van der Waals surface area contributed by atoms with Crippen molar-refractivity contribution in [2.24, 2.45) is 0 Å².